The van der Waals surface area contributed by atoms with Gasteiger partial charge in [0.1, 0.15) is 0 Å². The molecule has 0 aromatic carbocycles. The minimum Gasteiger partial charge on any atom is -0.218 e. The van der Waals surface area contributed by atoms with Crippen molar-refractivity contribution in [2.45, 2.75) is 78.1 Å². The third-order valence-corrected chi connectivity index (χ3v) is 11.7. The summed E-state index contributed by atoms with van der Waals surface area (Å²) >= 11 is 10.4. The lowest BCUT2D eigenvalue weighted by Gasteiger charge is -2.04. The van der Waals surface area contributed by atoms with Gasteiger partial charge in [0.15, 0.2) is 0 Å². The molecule has 0 radical (unpaired) electrons. The number of halogens is 2. The Kier molecular flexibility index (Phi) is 9.65. The van der Waals surface area contributed by atoms with Crippen molar-refractivity contribution < 1.29 is 8.42 Å². The second kappa shape index (κ2) is 11.8. The molecule has 0 spiro atoms. The van der Waals surface area contributed by atoms with Gasteiger partial charge in [-0.25, -0.2) is 8.42 Å². The van der Waals surface area contributed by atoms with Crippen LogP contribution >= 0.6 is 54.5 Å². The molecule has 0 saturated heterocycles. The molecule has 0 unspecified atom stereocenters. The number of hydrogen-bond acceptors (Lipinski definition) is 4. The Hall–Kier alpha value is -0.210. The zero-order valence-electron chi connectivity index (χ0n) is 18.2. The highest BCUT2D eigenvalue weighted by Gasteiger charge is 2.32. The average molecular weight is 607 g/mol. The van der Waals surface area contributed by atoms with E-state index in [9.17, 15) is 8.42 Å². The van der Waals surface area contributed by atoms with Crippen molar-refractivity contribution in [3.8, 4) is 0 Å². The fourth-order valence-corrected chi connectivity index (χ4v) is 9.43. The molecule has 0 fully saturated rings. The molecule has 170 valence electrons. The lowest BCUT2D eigenvalue weighted by Crippen LogP contribution is -2.00. The maximum absolute atomic E-state index is 13.4. The summed E-state index contributed by atoms with van der Waals surface area (Å²) in [7, 11) is -3.50. The smallest absolute Gasteiger partial charge is 0.209 e. The van der Waals surface area contributed by atoms with E-state index in [1.54, 1.807) is 12.2 Å². The van der Waals surface area contributed by atoms with Crippen LogP contribution in [-0.2, 0) is 22.7 Å². The fourth-order valence-electron chi connectivity index (χ4n) is 3.76. The van der Waals surface area contributed by atoms with Crippen molar-refractivity contribution in [1.29, 1.82) is 0 Å². The summed E-state index contributed by atoms with van der Waals surface area (Å²) in [6.45, 7) is 4.42. The third kappa shape index (κ3) is 6.23. The van der Waals surface area contributed by atoms with E-state index in [-0.39, 0.29) is 0 Å². The summed E-state index contributed by atoms with van der Waals surface area (Å²) in [6, 6.07) is 4.12. The molecule has 7 heteroatoms. The highest BCUT2D eigenvalue weighted by molar-refractivity contribution is 9.11. The number of unbranched alkanes of at least 4 members (excludes halogenated alkanes) is 6. The molecule has 0 saturated carbocycles. The summed E-state index contributed by atoms with van der Waals surface area (Å²) in [5.74, 6) is 0. The van der Waals surface area contributed by atoms with Crippen LogP contribution in [0.5, 0.6) is 0 Å². The zero-order valence-corrected chi connectivity index (χ0v) is 23.8. The fraction of sp³-hybridized carbons (Fsp3) is 0.500. The maximum atomic E-state index is 13.4. The van der Waals surface area contributed by atoms with Gasteiger partial charge in [-0.3, -0.25) is 0 Å². The van der Waals surface area contributed by atoms with Crippen molar-refractivity contribution in [2.24, 2.45) is 0 Å². The van der Waals surface area contributed by atoms with Crippen LogP contribution in [0.25, 0.3) is 9.81 Å². The Bertz CT molecular complexity index is 981. The number of aryl methyl sites for hydroxylation is 2. The Labute approximate surface area is 212 Å². The van der Waals surface area contributed by atoms with E-state index in [2.05, 4.69) is 57.8 Å². The van der Waals surface area contributed by atoms with Crippen molar-refractivity contribution >= 4 is 74.2 Å². The van der Waals surface area contributed by atoms with Gasteiger partial charge < -0.3 is 0 Å². The molecule has 1 aliphatic heterocycles. The molecule has 2 aromatic heterocycles. The predicted molar refractivity (Wildman–Crippen MR) is 145 cm³/mol. The number of rotatable bonds is 12. The molecule has 0 bridgehead atoms. The van der Waals surface area contributed by atoms with Crippen molar-refractivity contribution in [1.82, 2.24) is 0 Å². The normalized spacial score (nSPS) is 15.4. The predicted octanol–water partition coefficient (Wildman–Crippen LogP) is 9.39. The molecule has 3 rings (SSSR count). The van der Waals surface area contributed by atoms with Crippen LogP contribution in [0.1, 0.15) is 86.1 Å². The van der Waals surface area contributed by atoms with E-state index >= 15 is 0 Å². The lowest BCUT2D eigenvalue weighted by atomic mass is 10.1. The van der Waals surface area contributed by atoms with Gasteiger partial charge in [-0.15, -0.1) is 22.7 Å². The Morgan fingerprint density at radius 1 is 0.710 bits per heavy atom. The summed E-state index contributed by atoms with van der Waals surface area (Å²) in [5.41, 5.74) is 2.43. The van der Waals surface area contributed by atoms with E-state index < -0.39 is 9.84 Å². The van der Waals surface area contributed by atoms with Gasteiger partial charge in [-0.2, -0.15) is 0 Å². The Balaban J connectivity index is 1.72. The summed E-state index contributed by atoms with van der Waals surface area (Å²) in [5, 5.41) is 0. The van der Waals surface area contributed by atoms with Gasteiger partial charge in [-0.05, 0) is 93.0 Å². The maximum Gasteiger partial charge on any atom is 0.209 e. The van der Waals surface area contributed by atoms with Gasteiger partial charge in [0.05, 0.1) is 17.4 Å². The molecule has 1 aliphatic rings. The first kappa shape index (κ1) is 25.4. The van der Waals surface area contributed by atoms with Crippen LogP contribution in [0.3, 0.4) is 0 Å². The minimum atomic E-state index is -3.50. The number of allylic oxidation sites excluding steroid dienone is 2. The first-order valence-corrected chi connectivity index (χ1v) is 15.8. The second-order valence-corrected chi connectivity index (χ2v) is 14.6. The molecule has 31 heavy (non-hydrogen) atoms. The monoisotopic (exact) mass is 604 g/mol. The highest BCUT2D eigenvalue weighted by atomic mass is 79.9. The van der Waals surface area contributed by atoms with Crippen molar-refractivity contribution in [3.63, 3.8) is 0 Å². The lowest BCUT2D eigenvalue weighted by molar-refractivity contribution is 0.615. The number of thiophene rings is 2. The van der Waals surface area contributed by atoms with Crippen LogP contribution < -0.4 is 0 Å². The van der Waals surface area contributed by atoms with Crippen molar-refractivity contribution in [3.05, 3.63) is 52.7 Å². The quantitative estimate of drug-likeness (QED) is 0.226. The Morgan fingerprint density at radius 3 is 1.52 bits per heavy atom. The van der Waals surface area contributed by atoms with Gasteiger partial charge in [-0.1, -0.05) is 52.4 Å². The van der Waals surface area contributed by atoms with Gasteiger partial charge in [0, 0.05) is 9.75 Å². The molecular formula is C24H30Br2O2S3. The molecule has 2 nitrogen and oxygen atoms in total. The zero-order chi connectivity index (χ0) is 22.4. The Morgan fingerprint density at radius 2 is 1.13 bits per heavy atom. The largest absolute Gasteiger partial charge is 0.218 e. The summed E-state index contributed by atoms with van der Waals surface area (Å²) in [4.78, 5) is 2.53. The summed E-state index contributed by atoms with van der Waals surface area (Å²) < 4.78 is 28.9. The second-order valence-electron chi connectivity index (χ2n) is 8.01. The first-order valence-electron chi connectivity index (χ1n) is 11.1. The van der Waals surface area contributed by atoms with Crippen LogP contribution in [0.4, 0.5) is 0 Å². The van der Waals surface area contributed by atoms with Crippen LogP contribution in [-0.4, -0.2) is 8.42 Å². The molecule has 0 amide bonds. The average Bonchev–Trinajstić information content (AvgIpc) is 3.37. The highest BCUT2D eigenvalue weighted by Crippen LogP contribution is 2.45. The van der Waals surface area contributed by atoms with Crippen LogP contribution in [0.2, 0.25) is 0 Å². The molecule has 2 aromatic rings. The van der Waals surface area contributed by atoms with Crippen molar-refractivity contribution in [2.75, 3.05) is 0 Å². The van der Waals surface area contributed by atoms with E-state index in [4.69, 9.17) is 0 Å². The van der Waals surface area contributed by atoms with E-state index in [0.717, 1.165) is 43.0 Å². The van der Waals surface area contributed by atoms with Gasteiger partial charge in [0.25, 0.3) is 0 Å². The number of hydrogen-bond donors (Lipinski definition) is 0. The molecule has 0 atom stereocenters. The molecule has 3 heterocycles. The first-order chi connectivity index (χ1) is 14.9. The van der Waals surface area contributed by atoms with E-state index in [0.29, 0.717) is 9.81 Å². The SMILES string of the molecule is CCCCCCc1cc(C2=CC=C(c3cc(CCCCCC)c(Br)s3)S2(=O)=O)sc1Br. The number of sulfone groups is 1. The topological polar surface area (TPSA) is 34.1 Å². The van der Waals surface area contributed by atoms with Gasteiger partial charge in [0.2, 0.25) is 9.84 Å². The summed E-state index contributed by atoms with van der Waals surface area (Å²) in [6.07, 6.45) is 15.2. The minimum absolute atomic E-state index is 0.432. The molecule has 0 N–H and O–H groups in total. The standard InChI is InChI=1S/C24H30Br2O2S3/c1-3-5-7-9-11-17-15-19(29-23(17)25)21-13-14-22(31(21,27)28)20-16-18(24(26)30-20)12-10-8-6-4-2/h13-16H,3-12H2,1-2H3. The van der Waals surface area contributed by atoms with Crippen LogP contribution in [0, 0.1) is 0 Å². The third-order valence-electron chi connectivity index (χ3n) is 5.56. The van der Waals surface area contributed by atoms with E-state index in [1.165, 1.54) is 72.3 Å². The van der Waals surface area contributed by atoms with E-state index in [1.807, 2.05) is 0 Å². The van der Waals surface area contributed by atoms with Gasteiger partial charge >= 0.3 is 0 Å². The van der Waals surface area contributed by atoms with Crippen LogP contribution in [0.15, 0.2) is 31.9 Å². The molecular weight excluding hydrogens is 576 g/mol. The molecule has 0 aliphatic carbocycles.